The van der Waals surface area contributed by atoms with Gasteiger partial charge in [-0.15, -0.1) is 0 Å². The minimum Gasteiger partial charge on any atom is -0.435 e. The number of aliphatic hydroxyl groups excluding tert-OH is 4. The summed E-state index contributed by atoms with van der Waals surface area (Å²) >= 11 is 0. The molecule has 0 aliphatic carbocycles. The van der Waals surface area contributed by atoms with Gasteiger partial charge in [0.05, 0.1) is 0 Å². The zero-order valence-electron chi connectivity index (χ0n) is 18.7. The molecule has 0 aliphatic heterocycles. The number of esters is 4. The SMILES string of the molecule is C=C(C)C(=O)OCO.C=C(C)C(=O)OCO.C=C(C)C(=O)OCO.C=C(C)C(=O)OCO. The molecule has 0 atom stereocenters. The molecule has 0 aromatic carbocycles. The quantitative estimate of drug-likeness (QED) is 0.166. The Morgan fingerprint density at radius 2 is 0.594 bits per heavy atom. The maximum absolute atomic E-state index is 10.3. The van der Waals surface area contributed by atoms with Gasteiger partial charge in [-0.3, -0.25) is 0 Å². The first-order valence-corrected chi connectivity index (χ1v) is 8.47. The minimum absolute atomic E-state index is 0.291. The fraction of sp³-hybridized carbons (Fsp3) is 0.400. The Hall–Kier alpha value is -3.32. The maximum Gasteiger partial charge on any atom is 0.335 e. The van der Waals surface area contributed by atoms with Crippen LogP contribution in [0.1, 0.15) is 27.7 Å². The Kier molecular flexibility index (Phi) is 27.0. The summed E-state index contributed by atoms with van der Waals surface area (Å²) in [4.78, 5) is 41.0. The van der Waals surface area contributed by atoms with Crippen molar-refractivity contribution in [3.8, 4) is 0 Å². The molecule has 184 valence electrons. The highest BCUT2D eigenvalue weighted by Crippen LogP contribution is 1.90. The van der Waals surface area contributed by atoms with Crippen LogP contribution in [-0.4, -0.2) is 71.5 Å². The summed E-state index contributed by atoms with van der Waals surface area (Å²) in [6.07, 6.45) is 0. The lowest BCUT2D eigenvalue weighted by Crippen LogP contribution is -2.04. The van der Waals surface area contributed by atoms with Crippen molar-refractivity contribution in [3.63, 3.8) is 0 Å². The monoisotopic (exact) mass is 464 g/mol. The second-order valence-corrected chi connectivity index (χ2v) is 5.36. The third kappa shape index (κ3) is 28.9. The summed E-state index contributed by atoms with van der Waals surface area (Å²) in [5, 5.41) is 32.0. The molecule has 0 aromatic rings. The molecule has 0 saturated carbocycles. The van der Waals surface area contributed by atoms with Crippen LogP contribution in [0.4, 0.5) is 0 Å². The molecule has 0 aliphatic rings. The predicted molar refractivity (Wildman–Crippen MR) is 112 cm³/mol. The van der Waals surface area contributed by atoms with Crippen molar-refractivity contribution in [2.45, 2.75) is 27.7 Å². The van der Waals surface area contributed by atoms with Gasteiger partial charge in [0.25, 0.3) is 0 Å². The van der Waals surface area contributed by atoms with Gasteiger partial charge in [0, 0.05) is 22.3 Å². The molecule has 32 heavy (non-hydrogen) atoms. The first-order chi connectivity index (χ1) is 14.7. The van der Waals surface area contributed by atoms with E-state index in [4.69, 9.17) is 20.4 Å². The van der Waals surface area contributed by atoms with Crippen molar-refractivity contribution in [1.82, 2.24) is 0 Å². The molecule has 0 spiro atoms. The van der Waals surface area contributed by atoms with Gasteiger partial charge in [0.2, 0.25) is 0 Å². The Balaban J connectivity index is -0.000000163. The average Bonchev–Trinajstić information content (AvgIpc) is 2.70. The second-order valence-electron chi connectivity index (χ2n) is 5.36. The second kappa shape index (κ2) is 24.0. The molecule has 0 amide bonds. The summed E-state index contributed by atoms with van der Waals surface area (Å²) in [6, 6.07) is 0. The Morgan fingerprint density at radius 3 is 0.625 bits per heavy atom. The summed E-state index contributed by atoms with van der Waals surface area (Å²) in [5.74, 6) is -2.25. The summed E-state index contributed by atoms with van der Waals surface area (Å²) in [6.45, 7) is 16.9. The van der Waals surface area contributed by atoms with Crippen molar-refractivity contribution in [1.29, 1.82) is 0 Å². The number of rotatable bonds is 8. The van der Waals surface area contributed by atoms with Gasteiger partial charge in [-0.05, 0) is 27.7 Å². The van der Waals surface area contributed by atoms with Gasteiger partial charge in [-0.25, -0.2) is 19.2 Å². The van der Waals surface area contributed by atoms with Crippen LogP contribution in [0.2, 0.25) is 0 Å². The van der Waals surface area contributed by atoms with E-state index in [0.717, 1.165) is 0 Å². The first-order valence-electron chi connectivity index (χ1n) is 8.47. The molecule has 0 radical (unpaired) electrons. The minimum atomic E-state index is -0.578. The number of hydrogen-bond acceptors (Lipinski definition) is 12. The average molecular weight is 464 g/mol. The van der Waals surface area contributed by atoms with Crippen molar-refractivity contribution < 1.29 is 58.6 Å². The van der Waals surface area contributed by atoms with Gasteiger partial charge in [0.15, 0.2) is 27.2 Å². The lowest BCUT2D eigenvalue weighted by Gasteiger charge is -1.95. The maximum atomic E-state index is 10.3. The van der Waals surface area contributed by atoms with Crippen molar-refractivity contribution in [3.05, 3.63) is 48.6 Å². The third-order valence-corrected chi connectivity index (χ3v) is 2.18. The van der Waals surface area contributed by atoms with Crippen LogP contribution in [0.5, 0.6) is 0 Å². The molecule has 0 aromatic heterocycles. The van der Waals surface area contributed by atoms with Crippen LogP contribution in [0.15, 0.2) is 48.6 Å². The Labute approximate surface area is 186 Å². The molecule has 0 bridgehead atoms. The molecular weight excluding hydrogens is 432 g/mol. The van der Waals surface area contributed by atoms with Gasteiger partial charge in [0.1, 0.15) is 0 Å². The van der Waals surface area contributed by atoms with Gasteiger partial charge in [-0.2, -0.15) is 0 Å². The normalized spacial score (nSPS) is 8.25. The molecule has 4 N–H and O–H groups in total. The highest BCUT2D eigenvalue weighted by atomic mass is 16.6. The smallest absolute Gasteiger partial charge is 0.335 e. The van der Waals surface area contributed by atoms with Gasteiger partial charge in [-0.1, -0.05) is 26.3 Å². The summed E-state index contributed by atoms with van der Waals surface area (Å²) in [7, 11) is 0. The van der Waals surface area contributed by atoms with E-state index in [-0.39, 0.29) is 0 Å². The molecule has 0 rings (SSSR count). The van der Waals surface area contributed by atoms with E-state index in [1.165, 1.54) is 27.7 Å². The lowest BCUT2D eigenvalue weighted by atomic mass is 10.4. The van der Waals surface area contributed by atoms with Crippen LogP contribution in [-0.2, 0) is 38.1 Å². The number of carbonyl (C=O) groups excluding carboxylic acids is 4. The van der Waals surface area contributed by atoms with E-state index in [0.29, 0.717) is 22.3 Å². The van der Waals surface area contributed by atoms with Crippen LogP contribution in [0.3, 0.4) is 0 Å². The zero-order valence-corrected chi connectivity index (χ0v) is 18.7. The molecule has 12 heteroatoms. The van der Waals surface area contributed by atoms with E-state index in [1.807, 2.05) is 0 Å². The summed E-state index contributed by atoms with van der Waals surface area (Å²) in [5.41, 5.74) is 1.16. The largest absolute Gasteiger partial charge is 0.435 e. The molecule has 12 nitrogen and oxygen atoms in total. The highest BCUT2D eigenvalue weighted by Gasteiger charge is 2.00. The van der Waals surface area contributed by atoms with Crippen LogP contribution < -0.4 is 0 Å². The molecule has 0 fully saturated rings. The van der Waals surface area contributed by atoms with E-state index in [2.05, 4.69) is 45.3 Å². The van der Waals surface area contributed by atoms with Crippen LogP contribution in [0.25, 0.3) is 0 Å². The zero-order chi connectivity index (χ0) is 26.3. The molecule has 0 heterocycles. The molecule has 0 saturated heterocycles. The Morgan fingerprint density at radius 1 is 0.469 bits per heavy atom. The van der Waals surface area contributed by atoms with Crippen molar-refractivity contribution in [2.75, 3.05) is 27.2 Å². The van der Waals surface area contributed by atoms with E-state index < -0.39 is 51.0 Å². The Bertz CT molecular complexity index is 537. The van der Waals surface area contributed by atoms with E-state index in [1.54, 1.807) is 0 Å². The van der Waals surface area contributed by atoms with Crippen molar-refractivity contribution >= 4 is 23.9 Å². The fourth-order valence-corrected chi connectivity index (χ4v) is 0.727. The number of carbonyl (C=O) groups is 4. The van der Waals surface area contributed by atoms with Gasteiger partial charge >= 0.3 is 23.9 Å². The number of hydrogen-bond donors (Lipinski definition) is 4. The summed E-state index contributed by atoms with van der Waals surface area (Å²) < 4.78 is 16.5. The van der Waals surface area contributed by atoms with Crippen LogP contribution in [0, 0.1) is 0 Å². The molecular formula is C20H32O12. The van der Waals surface area contributed by atoms with E-state index in [9.17, 15) is 19.2 Å². The van der Waals surface area contributed by atoms with Crippen LogP contribution >= 0.6 is 0 Å². The fourth-order valence-electron chi connectivity index (χ4n) is 0.727. The van der Waals surface area contributed by atoms with Gasteiger partial charge < -0.3 is 39.4 Å². The van der Waals surface area contributed by atoms with Crippen molar-refractivity contribution in [2.24, 2.45) is 0 Å². The third-order valence-electron chi connectivity index (χ3n) is 2.18. The lowest BCUT2D eigenvalue weighted by molar-refractivity contribution is -0.147. The molecule has 0 unspecified atom stereocenters. The topological polar surface area (TPSA) is 186 Å². The first kappa shape index (κ1) is 36.1. The highest BCUT2D eigenvalue weighted by molar-refractivity contribution is 5.87. The van der Waals surface area contributed by atoms with E-state index >= 15 is 0 Å². The number of ether oxygens (including phenoxy) is 4. The number of aliphatic hydroxyl groups is 4. The standard InChI is InChI=1S/4C5H8O3/c4*1-4(2)5(7)8-3-6/h4*6H,1,3H2,2H3. The predicted octanol–water partition coefficient (Wildman–Crippen LogP) is 0.222.